The van der Waals surface area contributed by atoms with E-state index in [1.54, 1.807) is 18.3 Å². The SMILES string of the molecule is COC(=O)C[C@@H](N)c1ccnc(Cl)c1.Cl.Cl. The maximum Gasteiger partial charge on any atom is 0.307 e. The van der Waals surface area contributed by atoms with Gasteiger partial charge in [0.2, 0.25) is 0 Å². The predicted molar refractivity (Wildman–Crippen MR) is 67.3 cm³/mol. The van der Waals surface area contributed by atoms with Crippen molar-refractivity contribution < 1.29 is 9.53 Å². The van der Waals surface area contributed by atoms with Gasteiger partial charge in [-0.1, -0.05) is 11.6 Å². The summed E-state index contributed by atoms with van der Waals surface area (Å²) in [5, 5.41) is 0.364. The summed E-state index contributed by atoms with van der Waals surface area (Å²) in [6, 6.07) is 2.96. The van der Waals surface area contributed by atoms with Crippen LogP contribution in [0.25, 0.3) is 0 Å². The van der Waals surface area contributed by atoms with Crippen molar-refractivity contribution in [3.63, 3.8) is 0 Å². The summed E-state index contributed by atoms with van der Waals surface area (Å²) in [6.45, 7) is 0. The summed E-state index contributed by atoms with van der Waals surface area (Å²) >= 11 is 5.68. The Morgan fingerprint density at radius 1 is 1.62 bits per heavy atom. The minimum Gasteiger partial charge on any atom is -0.469 e. The number of nitrogens with two attached hydrogens (primary N) is 1. The lowest BCUT2D eigenvalue weighted by Crippen LogP contribution is -2.16. The van der Waals surface area contributed by atoms with Crippen LogP contribution >= 0.6 is 36.4 Å². The minimum atomic E-state index is -0.400. The van der Waals surface area contributed by atoms with E-state index in [4.69, 9.17) is 17.3 Å². The van der Waals surface area contributed by atoms with Crippen LogP contribution < -0.4 is 5.73 Å². The molecule has 0 fully saturated rings. The third kappa shape index (κ3) is 5.51. The Morgan fingerprint density at radius 3 is 2.75 bits per heavy atom. The Balaban J connectivity index is 0. The van der Waals surface area contributed by atoms with E-state index >= 15 is 0 Å². The number of ether oxygens (including phenoxy) is 1. The molecule has 0 aromatic carbocycles. The van der Waals surface area contributed by atoms with Gasteiger partial charge in [-0.25, -0.2) is 4.98 Å². The highest BCUT2D eigenvalue weighted by Gasteiger charge is 2.11. The summed E-state index contributed by atoms with van der Waals surface area (Å²) in [7, 11) is 1.33. The molecule has 7 heteroatoms. The van der Waals surface area contributed by atoms with E-state index in [0.717, 1.165) is 5.56 Å². The number of pyridine rings is 1. The van der Waals surface area contributed by atoms with E-state index in [2.05, 4.69) is 9.72 Å². The zero-order valence-electron chi connectivity index (χ0n) is 8.55. The van der Waals surface area contributed by atoms with Crippen molar-refractivity contribution in [1.82, 2.24) is 4.98 Å². The van der Waals surface area contributed by atoms with Crippen molar-refractivity contribution in [2.75, 3.05) is 7.11 Å². The number of rotatable bonds is 3. The van der Waals surface area contributed by atoms with Crippen LogP contribution in [0.15, 0.2) is 18.3 Å². The van der Waals surface area contributed by atoms with E-state index in [0.29, 0.717) is 5.15 Å². The van der Waals surface area contributed by atoms with E-state index < -0.39 is 6.04 Å². The molecule has 1 aromatic heterocycles. The summed E-state index contributed by atoms with van der Waals surface area (Å²) in [4.78, 5) is 14.7. The number of halogens is 3. The molecule has 0 aliphatic carbocycles. The van der Waals surface area contributed by atoms with Gasteiger partial charge in [0.25, 0.3) is 0 Å². The molecule has 0 bridgehead atoms. The first kappa shape index (κ1) is 17.8. The third-order valence-corrected chi connectivity index (χ3v) is 2.00. The molecule has 1 aromatic rings. The van der Waals surface area contributed by atoms with Crippen molar-refractivity contribution in [3.05, 3.63) is 29.0 Å². The van der Waals surface area contributed by atoms with Crippen molar-refractivity contribution in [1.29, 1.82) is 0 Å². The number of methoxy groups -OCH3 is 1. The van der Waals surface area contributed by atoms with Crippen LogP contribution in [0.5, 0.6) is 0 Å². The molecule has 0 aliphatic rings. The predicted octanol–water partition coefficient (Wildman–Crippen LogP) is 2.14. The second-order valence-corrected chi connectivity index (χ2v) is 3.19. The molecule has 0 aliphatic heterocycles. The Hall–Kier alpha value is -0.550. The first-order valence-corrected chi connectivity index (χ1v) is 4.45. The molecule has 0 amide bonds. The Bertz CT molecular complexity index is 336. The Labute approximate surface area is 111 Å². The van der Waals surface area contributed by atoms with Crippen molar-refractivity contribution in [2.24, 2.45) is 5.73 Å². The highest BCUT2D eigenvalue weighted by Crippen LogP contribution is 2.16. The molecule has 0 radical (unpaired) electrons. The maximum absolute atomic E-state index is 10.9. The number of aromatic nitrogens is 1. The molecule has 1 rings (SSSR count). The van der Waals surface area contributed by atoms with Crippen LogP contribution in [0, 0.1) is 0 Å². The van der Waals surface area contributed by atoms with Crippen LogP contribution in [0.2, 0.25) is 5.15 Å². The van der Waals surface area contributed by atoms with Gasteiger partial charge in [0.05, 0.1) is 13.5 Å². The summed E-state index contributed by atoms with van der Waals surface area (Å²) in [5.41, 5.74) is 6.53. The van der Waals surface area contributed by atoms with E-state index in [-0.39, 0.29) is 37.2 Å². The molecule has 0 saturated carbocycles. The lowest BCUT2D eigenvalue weighted by atomic mass is 10.1. The number of carbonyl (C=O) groups is 1. The van der Waals surface area contributed by atoms with Crippen LogP contribution in [-0.4, -0.2) is 18.1 Å². The van der Waals surface area contributed by atoms with Gasteiger partial charge in [0, 0.05) is 12.2 Å². The fourth-order valence-corrected chi connectivity index (χ4v) is 1.21. The molecule has 4 nitrogen and oxygen atoms in total. The van der Waals surface area contributed by atoms with Gasteiger partial charge in [-0.3, -0.25) is 4.79 Å². The van der Waals surface area contributed by atoms with Gasteiger partial charge in [-0.2, -0.15) is 0 Å². The number of hydrogen-bond donors (Lipinski definition) is 1. The number of esters is 1. The van der Waals surface area contributed by atoms with Crippen LogP contribution in [0.3, 0.4) is 0 Å². The van der Waals surface area contributed by atoms with Crippen LogP contribution in [0.1, 0.15) is 18.0 Å². The van der Waals surface area contributed by atoms with Gasteiger partial charge < -0.3 is 10.5 Å². The standard InChI is InChI=1S/C9H11ClN2O2.2ClH/c1-14-9(13)5-7(11)6-2-3-12-8(10)4-6;;/h2-4,7H,5,11H2,1H3;2*1H/t7-;;/m1../s1. The van der Waals surface area contributed by atoms with E-state index in [1.807, 2.05) is 0 Å². The van der Waals surface area contributed by atoms with Gasteiger partial charge in [-0.15, -0.1) is 24.8 Å². The molecular weight excluding hydrogens is 274 g/mol. The average Bonchev–Trinajstić information content (AvgIpc) is 2.17. The zero-order chi connectivity index (χ0) is 10.6. The molecule has 1 heterocycles. The summed E-state index contributed by atoms with van der Waals surface area (Å²) < 4.78 is 4.51. The van der Waals surface area contributed by atoms with E-state index in [1.165, 1.54) is 7.11 Å². The monoisotopic (exact) mass is 286 g/mol. The van der Waals surface area contributed by atoms with Crippen LogP contribution in [0.4, 0.5) is 0 Å². The number of carbonyl (C=O) groups excluding carboxylic acids is 1. The normalized spacial score (nSPS) is 10.7. The quantitative estimate of drug-likeness (QED) is 0.683. The lowest BCUT2D eigenvalue weighted by molar-refractivity contribution is -0.141. The average molecular weight is 288 g/mol. The van der Waals surface area contributed by atoms with Gasteiger partial charge in [-0.05, 0) is 17.7 Å². The molecule has 0 saturated heterocycles. The maximum atomic E-state index is 10.9. The van der Waals surface area contributed by atoms with Crippen molar-refractivity contribution >= 4 is 42.4 Å². The molecule has 0 spiro atoms. The third-order valence-electron chi connectivity index (χ3n) is 1.79. The number of hydrogen-bond acceptors (Lipinski definition) is 4. The fraction of sp³-hybridized carbons (Fsp3) is 0.333. The lowest BCUT2D eigenvalue weighted by Gasteiger charge is -2.09. The molecular formula is C9H13Cl3N2O2. The summed E-state index contributed by atoms with van der Waals surface area (Å²) in [5.74, 6) is -0.342. The van der Waals surface area contributed by atoms with Gasteiger partial charge in [0.1, 0.15) is 5.15 Å². The first-order valence-electron chi connectivity index (χ1n) is 4.07. The molecule has 0 unspecified atom stereocenters. The molecule has 16 heavy (non-hydrogen) atoms. The second kappa shape index (κ2) is 8.58. The highest BCUT2D eigenvalue weighted by atomic mass is 35.5. The molecule has 92 valence electrons. The Kier molecular flexibility index (Phi) is 9.57. The van der Waals surface area contributed by atoms with Gasteiger partial charge in [0.15, 0.2) is 0 Å². The van der Waals surface area contributed by atoms with E-state index in [9.17, 15) is 4.79 Å². The second-order valence-electron chi connectivity index (χ2n) is 2.80. The largest absolute Gasteiger partial charge is 0.469 e. The van der Waals surface area contributed by atoms with Crippen molar-refractivity contribution in [3.8, 4) is 0 Å². The smallest absolute Gasteiger partial charge is 0.307 e. The van der Waals surface area contributed by atoms with Crippen LogP contribution in [-0.2, 0) is 9.53 Å². The first-order chi connectivity index (χ1) is 6.63. The minimum absolute atomic E-state index is 0. The molecule has 1 atom stereocenters. The fourth-order valence-electron chi connectivity index (χ4n) is 1.03. The Morgan fingerprint density at radius 2 is 2.25 bits per heavy atom. The van der Waals surface area contributed by atoms with Gasteiger partial charge >= 0.3 is 5.97 Å². The topological polar surface area (TPSA) is 65.2 Å². The summed E-state index contributed by atoms with van der Waals surface area (Å²) in [6.07, 6.45) is 1.69. The molecule has 2 N–H and O–H groups in total. The van der Waals surface area contributed by atoms with Crippen molar-refractivity contribution in [2.45, 2.75) is 12.5 Å². The highest BCUT2D eigenvalue weighted by molar-refractivity contribution is 6.29. The zero-order valence-corrected chi connectivity index (χ0v) is 10.9. The number of nitrogens with zero attached hydrogens (tertiary/aromatic N) is 1.